The number of thiophene rings is 1. The summed E-state index contributed by atoms with van der Waals surface area (Å²) in [5.41, 5.74) is 8.19. The second-order valence-electron chi connectivity index (χ2n) is 3.20. The van der Waals surface area contributed by atoms with Gasteiger partial charge in [0.25, 0.3) is 0 Å². The van der Waals surface area contributed by atoms with Crippen LogP contribution in [-0.2, 0) is 0 Å². The first-order valence-electron chi connectivity index (χ1n) is 3.72. The fourth-order valence-corrected chi connectivity index (χ4v) is 2.68. The second kappa shape index (κ2) is 2.49. The van der Waals surface area contributed by atoms with E-state index in [4.69, 9.17) is 5.73 Å². The summed E-state index contributed by atoms with van der Waals surface area (Å²) in [4.78, 5) is 0. The molecule has 1 saturated carbocycles. The molecule has 2 unspecified atom stereocenters. The van der Waals surface area contributed by atoms with E-state index in [9.17, 15) is 0 Å². The average Bonchev–Trinajstić information content (AvgIpc) is 2.58. The van der Waals surface area contributed by atoms with Gasteiger partial charge in [0.2, 0.25) is 0 Å². The van der Waals surface area contributed by atoms with Gasteiger partial charge in [0.05, 0.1) is 9.47 Å². The average molecular weight is 232 g/mol. The molecule has 1 nitrogen and oxygen atoms in total. The minimum atomic E-state index is 0.748. The molecule has 0 aromatic carbocycles. The summed E-state index contributed by atoms with van der Waals surface area (Å²) in [5.74, 6) is 1.59. The van der Waals surface area contributed by atoms with Gasteiger partial charge in [0.15, 0.2) is 0 Å². The SMILES string of the molecule is CC1CC1c1csc(Br)c1N. The van der Waals surface area contributed by atoms with Crippen LogP contribution in [0.4, 0.5) is 5.69 Å². The maximum absolute atomic E-state index is 5.87. The standard InChI is InChI=1S/C8H10BrNS/c1-4-2-5(4)6-3-11-8(9)7(6)10/h3-5H,2,10H2,1H3. The molecule has 1 aromatic heterocycles. The van der Waals surface area contributed by atoms with Crippen LogP contribution in [-0.4, -0.2) is 0 Å². The summed E-state index contributed by atoms with van der Waals surface area (Å²) < 4.78 is 1.09. The summed E-state index contributed by atoms with van der Waals surface area (Å²) in [6.45, 7) is 2.27. The fraction of sp³-hybridized carbons (Fsp3) is 0.500. The molecule has 1 aliphatic rings. The number of halogens is 1. The molecule has 11 heavy (non-hydrogen) atoms. The Morgan fingerprint density at radius 1 is 1.73 bits per heavy atom. The zero-order valence-corrected chi connectivity index (χ0v) is 8.71. The summed E-state index contributed by atoms with van der Waals surface area (Å²) >= 11 is 5.12. The minimum absolute atomic E-state index is 0.748. The zero-order valence-electron chi connectivity index (χ0n) is 6.30. The molecule has 0 saturated heterocycles. The molecule has 60 valence electrons. The van der Waals surface area contributed by atoms with Gasteiger partial charge in [-0.2, -0.15) is 0 Å². The van der Waals surface area contributed by atoms with Crippen LogP contribution in [0.15, 0.2) is 9.17 Å². The lowest BCUT2D eigenvalue weighted by atomic mass is 10.2. The first-order chi connectivity index (χ1) is 5.20. The highest BCUT2D eigenvalue weighted by Gasteiger charge is 2.36. The van der Waals surface area contributed by atoms with E-state index in [1.54, 1.807) is 11.3 Å². The Hall–Kier alpha value is -0.0200. The topological polar surface area (TPSA) is 26.0 Å². The van der Waals surface area contributed by atoms with Crippen molar-refractivity contribution in [3.8, 4) is 0 Å². The molecule has 0 spiro atoms. The lowest BCUT2D eigenvalue weighted by molar-refractivity contribution is 0.919. The van der Waals surface area contributed by atoms with E-state index in [0.29, 0.717) is 0 Å². The van der Waals surface area contributed by atoms with Crippen molar-refractivity contribution in [2.45, 2.75) is 19.3 Å². The van der Waals surface area contributed by atoms with E-state index in [-0.39, 0.29) is 0 Å². The lowest BCUT2D eigenvalue weighted by Gasteiger charge is -1.95. The molecule has 2 N–H and O–H groups in total. The summed E-state index contributed by atoms with van der Waals surface area (Å²) in [7, 11) is 0. The van der Waals surface area contributed by atoms with Gasteiger partial charge in [0, 0.05) is 0 Å². The molecular formula is C8H10BrNS. The van der Waals surface area contributed by atoms with Crippen LogP contribution in [0.5, 0.6) is 0 Å². The molecule has 1 aromatic rings. The Balaban J connectivity index is 2.31. The largest absolute Gasteiger partial charge is 0.397 e. The van der Waals surface area contributed by atoms with E-state index in [1.807, 2.05) is 0 Å². The third-order valence-corrected chi connectivity index (χ3v) is 4.11. The number of nitrogens with two attached hydrogens (primary N) is 1. The lowest BCUT2D eigenvalue weighted by Crippen LogP contribution is -1.88. The van der Waals surface area contributed by atoms with E-state index >= 15 is 0 Å². The first kappa shape index (κ1) is 7.62. The number of hydrogen-bond donors (Lipinski definition) is 1. The Bertz CT molecular complexity index is 282. The van der Waals surface area contributed by atoms with Crippen LogP contribution < -0.4 is 5.73 Å². The first-order valence-corrected chi connectivity index (χ1v) is 5.39. The van der Waals surface area contributed by atoms with Crippen LogP contribution in [0.1, 0.15) is 24.8 Å². The number of hydrogen-bond acceptors (Lipinski definition) is 2. The van der Waals surface area contributed by atoms with E-state index in [2.05, 4.69) is 28.2 Å². The van der Waals surface area contributed by atoms with Gasteiger partial charge in [-0.15, -0.1) is 11.3 Å². The smallest absolute Gasteiger partial charge is 0.0930 e. The Morgan fingerprint density at radius 3 is 2.73 bits per heavy atom. The van der Waals surface area contributed by atoms with Gasteiger partial charge >= 0.3 is 0 Å². The van der Waals surface area contributed by atoms with Gasteiger partial charge in [0.1, 0.15) is 0 Å². The van der Waals surface area contributed by atoms with E-state index in [0.717, 1.165) is 21.3 Å². The molecule has 2 atom stereocenters. The quantitative estimate of drug-likeness (QED) is 0.790. The highest BCUT2D eigenvalue weighted by atomic mass is 79.9. The maximum Gasteiger partial charge on any atom is 0.0930 e. The fourth-order valence-electron chi connectivity index (χ4n) is 1.40. The monoisotopic (exact) mass is 231 g/mol. The molecule has 1 heterocycles. The van der Waals surface area contributed by atoms with Crippen molar-refractivity contribution in [2.75, 3.05) is 5.73 Å². The van der Waals surface area contributed by atoms with Crippen molar-refractivity contribution >= 4 is 33.0 Å². The van der Waals surface area contributed by atoms with Crippen molar-refractivity contribution < 1.29 is 0 Å². The molecule has 0 amide bonds. The van der Waals surface area contributed by atoms with Crippen molar-refractivity contribution in [1.29, 1.82) is 0 Å². The number of nitrogen functional groups attached to an aromatic ring is 1. The van der Waals surface area contributed by atoms with Crippen molar-refractivity contribution in [2.24, 2.45) is 5.92 Å². The van der Waals surface area contributed by atoms with Crippen LogP contribution in [0, 0.1) is 5.92 Å². The van der Waals surface area contributed by atoms with Crippen LogP contribution >= 0.6 is 27.3 Å². The van der Waals surface area contributed by atoms with Crippen molar-refractivity contribution in [3.05, 3.63) is 14.7 Å². The third kappa shape index (κ3) is 1.20. The van der Waals surface area contributed by atoms with Crippen molar-refractivity contribution in [3.63, 3.8) is 0 Å². The Morgan fingerprint density at radius 2 is 2.36 bits per heavy atom. The van der Waals surface area contributed by atoms with Gasteiger partial charge in [-0.1, -0.05) is 6.92 Å². The second-order valence-corrected chi connectivity index (χ2v) is 5.40. The van der Waals surface area contributed by atoms with Gasteiger partial charge < -0.3 is 5.73 Å². The summed E-state index contributed by atoms with van der Waals surface area (Å²) in [6, 6.07) is 0. The van der Waals surface area contributed by atoms with Gasteiger partial charge in [-0.05, 0) is 45.1 Å². The molecule has 2 rings (SSSR count). The minimum Gasteiger partial charge on any atom is -0.397 e. The predicted octanol–water partition coefficient (Wildman–Crippen LogP) is 3.22. The molecule has 0 radical (unpaired) electrons. The van der Waals surface area contributed by atoms with E-state index < -0.39 is 0 Å². The van der Waals surface area contributed by atoms with Crippen LogP contribution in [0.3, 0.4) is 0 Å². The molecule has 0 aliphatic heterocycles. The summed E-state index contributed by atoms with van der Waals surface area (Å²) in [6.07, 6.45) is 1.31. The number of rotatable bonds is 1. The molecular weight excluding hydrogens is 222 g/mol. The molecule has 0 bridgehead atoms. The summed E-state index contributed by atoms with van der Waals surface area (Å²) in [5, 5.41) is 2.17. The zero-order chi connectivity index (χ0) is 8.01. The van der Waals surface area contributed by atoms with E-state index in [1.165, 1.54) is 12.0 Å². The number of anilines is 1. The van der Waals surface area contributed by atoms with Crippen LogP contribution in [0.25, 0.3) is 0 Å². The van der Waals surface area contributed by atoms with Gasteiger partial charge in [-0.3, -0.25) is 0 Å². The highest BCUT2D eigenvalue weighted by molar-refractivity contribution is 9.11. The highest BCUT2D eigenvalue weighted by Crippen LogP contribution is 2.51. The van der Waals surface area contributed by atoms with Crippen LogP contribution in [0.2, 0.25) is 0 Å². The molecule has 1 fully saturated rings. The molecule has 3 heteroatoms. The van der Waals surface area contributed by atoms with Crippen molar-refractivity contribution in [1.82, 2.24) is 0 Å². The Kier molecular flexibility index (Phi) is 1.72. The maximum atomic E-state index is 5.87. The Labute approximate surface area is 78.7 Å². The normalized spacial score (nSPS) is 28.9. The third-order valence-electron chi connectivity index (χ3n) is 2.32. The predicted molar refractivity (Wildman–Crippen MR) is 53.0 cm³/mol. The van der Waals surface area contributed by atoms with Gasteiger partial charge in [-0.25, -0.2) is 0 Å². The molecule has 1 aliphatic carbocycles.